The van der Waals surface area contributed by atoms with E-state index in [1.165, 1.54) is 0 Å². The van der Waals surface area contributed by atoms with E-state index in [4.69, 9.17) is 33.2 Å². The van der Waals surface area contributed by atoms with E-state index in [-0.39, 0.29) is 12.2 Å². The molecule has 9 heteroatoms. The van der Waals surface area contributed by atoms with Gasteiger partial charge >= 0.3 is 11.9 Å². The third-order valence-electron chi connectivity index (χ3n) is 6.16. The van der Waals surface area contributed by atoms with E-state index in [2.05, 4.69) is 0 Å². The summed E-state index contributed by atoms with van der Waals surface area (Å²) < 4.78 is 38.2. The van der Waals surface area contributed by atoms with Gasteiger partial charge in [-0.2, -0.15) is 0 Å². The topological polar surface area (TPSA) is 105 Å². The van der Waals surface area contributed by atoms with Crippen LogP contribution >= 0.6 is 0 Å². The van der Waals surface area contributed by atoms with E-state index >= 15 is 0 Å². The molecular formula is C32H26O9. The lowest BCUT2D eigenvalue weighted by Crippen LogP contribution is -2.09. The van der Waals surface area contributed by atoms with Crippen LogP contribution in [0.4, 0.5) is 0 Å². The smallest absolute Gasteiger partial charge is 0.343 e. The van der Waals surface area contributed by atoms with Crippen LogP contribution in [-0.4, -0.2) is 50.6 Å². The number of carbonyl (C=O) groups excluding carboxylic acids is 2. The van der Waals surface area contributed by atoms with E-state index < -0.39 is 11.9 Å². The Balaban J connectivity index is 0.968. The van der Waals surface area contributed by atoms with Crippen molar-refractivity contribution in [1.29, 1.82) is 0 Å². The number of ether oxygens (including phenoxy) is 7. The SMILES string of the molecule is O=C(Oc1ccc(Oc2ccc(OC(=O)c3ccc(OCC4CO4)cc3)cc2)cc1)c1ccc(OCC2CO2)cc1. The van der Waals surface area contributed by atoms with Crippen molar-refractivity contribution >= 4 is 11.9 Å². The van der Waals surface area contributed by atoms with Crippen molar-refractivity contribution in [3.8, 4) is 34.5 Å². The second-order valence-corrected chi connectivity index (χ2v) is 9.41. The van der Waals surface area contributed by atoms with Gasteiger partial charge in [-0.05, 0) is 97.1 Å². The molecule has 4 aromatic rings. The molecule has 0 spiro atoms. The molecule has 208 valence electrons. The van der Waals surface area contributed by atoms with Gasteiger partial charge in [0.25, 0.3) is 0 Å². The highest BCUT2D eigenvalue weighted by molar-refractivity contribution is 5.91. The molecule has 0 saturated carbocycles. The van der Waals surface area contributed by atoms with Crippen molar-refractivity contribution < 1.29 is 42.7 Å². The highest BCUT2D eigenvalue weighted by atomic mass is 16.6. The molecule has 0 bridgehead atoms. The zero-order valence-electron chi connectivity index (χ0n) is 21.9. The average molecular weight is 555 g/mol. The summed E-state index contributed by atoms with van der Waals surface area (Å²) in [6.45, 7) is 2.45. The molecule has 2 atom stereocenters. The van der Waals surface area contributed by atoms with Gasteiger partial charge in [0.1, 0.15) is 59.9 Å². The lowest BCUT2D eigenvalue weighted by atomic mass is 10.2. The first-order valence-electron chi connectivity index (χ1n) is 13.1. The predicted molar refractivity (Wildman–Crippen MR) is 146 cm³/mol. The maximum Gasteiger partial charge on any atom is 0.343 e. The molecule has 2 aliphatic heterocycles. The molecule has 0 aromatic heterocycles. The van der Waals surface area contributed by atoms with Gasteiger partial charge in [0.15, 0.2) is 0 Å². The molecule has 2 heterocycles. The van der Waals surface area contributed by atoms with E-state index in [1.807, 2.05) is 0 Å². The first kappa shape index (κ1) is 26.4. The summed E-state index contributed by atoms with van der Waals surface area (Å²) in [5.74, 6) is 2.24. The molecule has 2 fully saturated rings. The van der Waals surface area contributed by atoms with E-state index in [9.17, 15) is 9.59 Å². The molecule has 2 unspecified atom stereocenters. The number of carbonyl (C=O) groups is 2. The normalized spacial score (nSPS) is 16.8. The average Bonchev–Trinajstić information content (AvgIpc) is 3.93. The molecule has 6 rings (SSSR count). The molecule has 0 aliphatic carbocycles. The minimum Gasteiger partial charge on any atom is -0.491 e. The quantitative estimate of drug-likeness (QED) is 0.128. The Morgan fingerprint density at radius 2 is 0.829 bits per heavy atom. The zero-order chi connectivity index (χ0) is 28.0. The number of epoxide rings is 2. The van der Waals surface area contributed by atoms with Gasteiger partial charge in [-0.1, -0.05) is 0 Å². The van der Waals surface area contributed by atoms with Crippen LogP contribution in [0.15, 0.2) is 97.1 Å². The summed E-state index contributed by atoms with van der Waals surface area (Å²) >= 11 is 0. The molecule has 0 amide bonds. The van der Waals surface area contributed by atoms with Crippen LogP contribution in [-0.2, 0) is 9.47 Å². The van der Waals surface area contributed by atoms with Crippen molar-refractivity contribution in [1.82, 2.24) is 0 Å². The van der Waals surface area contributed by atoms with Crippen molar-refractivity contribution in [2.45, 2.75) is 12.2 Å². The predicted octanol–water partition coefficient (Wildman–Crippen LogP) is 5.47. The largest absolute Gasteiger partial charge is 0.491 e. The molecule has 4 aromatic carbocycles. The summed E-state index contributed by atoms with van der Waals surface area (Å²) in [6.07, 6.45) is 0.331. The minimum absolute atomic E-state index is 0.166. The third kappa shape index (κ3) is 7.63. The fourth-order valence-electron chi connectivity index (χ4n) is 3.70. The lowest BCUT2D eigenvalue weighted by Gasteiger charge is -2.09. The minimum atomic E-state index is -0.478. The van der Waals surface area contributed by atoms with Crippen LogP contribution in [0.1, 0.15) is 20.7 Å². The Morgan fingerprint density at radius 1 is 0.512 bits per heavy atom. The zero-order valence-corrected chi connectivity index (χ0v) is 21.9. The first-order valence-corrected chi connectivity index (χ1v) is 13.1. The number of benzene rings is 4. The second kappa shape index (κ2) is 12.1. The van der Waals surface area contributed by atoms with Gasteiger partial charge in [0.2, 0.25) is 0 Å². The van der Waals surface area contributed by atoms with Crippen molar-refractivity contribution in [2.24, 2.45) is 0 Å². The van der Waals surface area contributed by atoms with Crippen LogP contribution in [0, 0.1) is 0 Å². The maximum absolute atomic E-state index is 12.5. The van der Waals surface area contributed by atoms with Crippen LogP contribution < -0.4 is 23.7 Å². The number of esters is 2. The Kier molecular flexibility index (Phi) is 7.79. The third-order valence-corrected chi connectivity index (χ3v) is 6.16. The van der Waals surface area contributed by atoms with Crippen molar-refractivity contribution in [2.75, 3.05) is 26.4 Å². The van der Waals surface area contributed by atoms with E-state index in [0.717, 1.165) is 13.2 Å². The molecule has 0 radical (unpaired) electrons. The second-order valence-electron chi connectivity index (χ2n) is 9.41. The Bertz CT molecular complexity index is 1360. The standard InChI is InChI=1S/C32H26O9/c33-31(21-1-5-23(6-2-21)35-17-29-19-37-29)40-27-13-9-25(10-14-27)39-26-11-15-28(16-12-26)41-32(34)22-3-7-24(8-4-22)36-18-30-20-38-30/h1-16,29-30H,17-20H2. The number of rotatable bonds is 12. The molecule has 2 aliphatic rings. The van der Waals surface area contributed by atoms with Crippen LogP contribution in [0.2, 0.25) is 0 Å². The van der Waals surface area contributed by atoms with Crippen LogP contribution in [0.5, 0.6) is 34.5 Å². The van der Waals surface area contributed by atoms with Crippen molar-refractivity contribution in [3.63, 3.8) is 0 Å². The van der Waals surface area contributed by atoms with Gasteiger partial charge in [-0.3, -0.25) is 0 Å². The van der Waals surface area contributed by atoms with Gasteiger partial charge in [-0.25, -0.2) is 9.59 Å². The number of hydrogen-bond donors (Lipinski definition) is 0. The first-order chi connectivity index (χ1) is 20.1. The fourth-order valence-corrected chi connectivity index (χ4v) is 3.70. The Hall–Kier alpha value is -4.86. The van der Waals surface area contributed by atoms with Crippen molar-refractivity contribution in [3.05, 3.63) is 108 Å². The highest BCUT2D eigenvalue weighted by Crippen LogP contribution is 2.27. The molecule has 2 saturated heterocycles. The van der Waals surface area contributed by atoms with Crippen LogP contribution in [0.3, 0.4) is 0 Å². The number of hydrogen-bond acceptors (Lipinski definition) is 9. The summed E-state index contributed by atoms with van der Waals surface area (Å²) in [7, 11) is 0. The Morgan fingerprint density at radius 3 is 1.17 bits per heavy atom. The summed E-state index contributed by atoms with van der Waals surface area (Å²) in [4.78, 5) is 25.0. The van der Waals surface area contributed by atoms with Gasteiger partial charge in [-0.15, -0.1) is 0 Å². The summed E-state index contributed by atoms with van der Waals surface area (Å²) in [5, 5.41) is 0. The summed E-state index contributed by atoms with van der Waals surface area (Å²) in [6, 6.07) is 26.9. The molecular weight excluding hydrogens is 528 g/mol. The van der Waals surface area contributed by atoms with E-state index in [0.29, 0.717) is 58.8 Å². The molecule has 41 heavy (non-hydrogen) atoms. The fraction of sp³-hybridized carbons (Fsp3) is 0.188. The van der Waals surface area contributed by atoms with Crippen LogP contribution in [0.25, 0.3) is 0 Å². The monoisotopic (exact) mass is 554 g/mol. The lowest BCUT2D eigenvalue weighted by molar-refractivity contribution is 0.0725. The van der Waals surface area contributed by atoms with Gasteiger partial charge < -0.3 is 33.2 Å². The van der Waals surface area contributed by atoms with Gasteiger partial charge in [0.05, 0.1) is 24.3 Å². The van der Waals surface area contributed by atoms with Gasteiger partial charge in [0, 0.05) is 0 Å². The van der Waals surface area contributed by atoms with E-state index in [1.54, 1.807) is 97.1 Å². The molecule has 0 N–H and O–H groups in total. The summed E-state index contributed by atoms with van der Waals surface area (Å²) in [5.41, 5.74) is 0.818. The Labute approximate surface area is 236 Å². The maximum atomic E-state index is 12.5. The molecule has 9 nitrogen and oxygen atoms in total. The highest BCUT2D eigenvalue weighted by Gasteiger charge is 2.23.